The van der Waals surface area contributed by atoms with Crippen LogP contribution >= 0.6 is 0 Å². The van der Waals surface area contributed by atoms with E-state index in [1.165, 1.54) is 0 Å². The summed E-state index contributed by atoms with van der Waals surface area (Å²) in [6.45, 7) is 3.43. The molecule has 0 aliphatic heterocycles. The number of rotatable bonds is 3. The van der Waals surface area contributed by atoms with Crippen molar-refractivity contribution in [3.05, 3.63) is 30.1 Å². The molecular formula is C10H15NO2. The maximum atomic E-state index is 9.78. The Labute approximate surface area is 78.4 Å². The first-order valence-electron chi connectivity index (χ1n) is 4.21. The number of methoxy groups -OCH3 is 1. The summed E-state index contributed by atoms with van der Waals surface area (Å²) in [7, 11) is 1.58. The average Bonchev–Trinajstić information content (AvgIpc) is 2.05. The number of aromatic nitrogens is 1. The van der Waals surface area contributed by atoms with Crippen molar-refractivity contribution in [1.82, 2.24) is 4.98 Å². The average molecular weight is 181 g/mol. The largest absolute Gasteiger partial charge is 0.387 e. The molecule has 0 aliphatic carbocycles. The van der Waals surface area contributed by atoms with Gasteiger partial charge in [0.2, 0.25) is 0 Å². The van der Waals surface area contributed by atoms with Crippen molar-refractivity contribution >= 4 is 0 Å². The molecule has 1 unspecified atom stereocenters. The Morgan fingerprint density at radius 3 is 2.62 bits per heavy atom. The van der Waals surface area contributed by atoms with E-state index in [4.69, 9.17) is 4.74 Å². The standard InChI is InChI=1S/C10H15NO2/c1-10(2,12)9(13-3)8-5-4-6-11-7-8/h4-7,9,12H,1-3H3. The van der Waals surface area contributed by atoms with E-state index in [0.717, 1.165) is 5.56 Å². The molecule has 0 spiro atoms. The fraction of sp³-hybridized carbons (Fsp3) is 0.500. The second-order valence-corrected chi connectivity index (χ2v) is 3.56. The Bertz CT molecular complexity index is 253. The molecule has 1 rings (SSSR count). The lowest BCUT2D eigenvalue weighted by atomic mass is 9.96. The molecule has 1 N–H and O–H groups in total. The van der Waals surface area contributed by atoms with E-state index in [1.54, 1.807) is 33.4 Å². The van der Waals surface area contributed by atoms with Crippen molar-refractivity contribution in [3.63, 3.8) is 0 Å². The van der Waals surface area contributed by atoms with Crippen LogP contribution in [0.15, 0.2) is 24.5 Å². The molecule has 1 atom stereocenters. The van der Waals surface area contributed by atoms with E-state index in [1.807, 2.05) is 12.1 Å². The van der Waals surface area contributed by atoms with Crippen LogP contribution in [0.4, 0.5) is 0 Å². The lowest BCUT2D eigenvalue weighted by Gasteiger charge is -2.27. The van der Waals surface area contributed by atoms with Gasteiger partial charge < -0.3 is 9.84 Å². The van der Waals surface area contributed by atoms with E-state index in [9.17, 15) is 5.11 Å². The van der Waals surface area contributed by atoms with Crippen LogP contribution in [0.25, 0.3) is 0 Å². The third-order valence-electron chi connectivity index (χ3n) is 1.86. The molecule has 0 amide bonds. The van der Waals surface area contributed by atoms with Crippen molar-refractivity contribution in [2.45, 2.75) is 25.6 Å². The van der Waals surface area contributed by atoms with E-state index in [0.29, 0.717) is 0 Å². The molecule has 72 valence electrons. The lowest BCUT2D eigenvalue weighted by Crippen LogP contribution is -2.30. The molecule has 0 aromatic carbocycles. The minimum atomic E-state index is -0.891. The zero-order valence-corrected chi connectivity index (χ0v) is 8.19. The van der Waals surface area contributed by atoms with Gasteiger partial charge in [-0.3, -0.25) is 4.98 Å². The van der Waals surface area contributed by atoms with Crippen LogP contribution in [0.3, 0.4) is 0 Å². The van der Waals surface area contributed by atoms with Gasteiger partial charge in [-0.1, -0.05) is 6.07 Å². The van der Waals surface area contributed by atoms with E-state index in [-0.39, 0.29) is 6.10 Å². The molecule has 13 heavy (non-hydrogen) atoms. The minimum Gasteiger partial charge on any atom is -0.387 e. The summed E-state index contributed by atoms with van der Waals surface area (Å²) in [6, 6.07) is 3.71. The number of hydrogen-bond acceptors (Lipinski definition) is 3. The first-order chi connectivity index (χ1) is 6.05. The monoisotopic (exact) mass is 181 g/mol. The SMILES string of the molecule is COC(c1cccnc1)C(C)(C)O. The summed E-state index contributed by atoms with van der Waals surface area (Å²) in [6.07, 6.45) is 3.06. The van der Waals surface area contributed by atoms with Crippen molar-refractivity contribution in [2.75, 3.05) is 7.11 Å². The topological polar surface area (TPSA) is 42.4 Å². The molecule has 1 aromatic rings. The highest BCUT2D eigenvalue weighted by atomic mass is 16.5. The number of hydrogen-bond donors (Lipinski definition) is 1. The zero-order chi connectivity index (χ0) is 9.90. The normalized spacial score (nSPS) is 14.2. The molecular weight excluding hydrogens is 166 g/mol. The van der Waals surface area contributed by atoms with Crippen LogP contribution in [-0.4, -0.2) is 22.8 Å². The Morgan fingerprint density at radius 2 is 2.23 bits per heavy atom. The van der Waals surface area contributed by atoms with Gasteiger partial charge in [0, 0.05) is 25.1 Å². The summed E-state index contributed by atoms with van der Waals surface area (Å²) in [5, 5.41) is 9.78. The van der Waals surface area contributed by atoms with Gasteiger partial charge in [0.05, 0.1) is 5.60 Å². The van der Waals surface area contributed by atoms with Crippen LogP contribution in [0.2, 0.25) is 0 Å². The van der Waals surface area contributed by atoms with Crippen molar-refractivity contribution < 1.29 is 9.84 Å². The van der Waals surface area contributed by atoms with E-state index >= 15 is 0 Å². The lowest BCUT2D eigenvalue weighted by molar-refractivity contribution is -0.0722. The van der Waals surface area contributed by atoms with Gasteiger partial charge in [0.15, 0.2) is 0 Å². The third-order valence-corrected chi connectivity index (χ3v) is 1.86. The summed E-state index contributed by atoms with van der Waals surface area (Å²) < 4.78 is 5.21. The van der Waals surface area contributed by atoms with Gasteiger partial charge in [0.1, 0.15) is 6.10 Å². The second kappa shape index (κ2) is 3.85. The maximum Gasteiger partial charge on any atom is 0.112 e. The first kappa shape index (κ1) is 10.2. The maximum absolute atomic E-state index is 9.78. The number of ether oxygens (including phenoxy) is 1. The second-order valence-electron chi connectivity index (χ2n) is 3.56. The number of nitrogens with zero attached hydrogens (tertiary/aromatic N) is 1. The van der Waals surface area contributed by atoms with Crippen molar-refractivity contribution in [2.24, 2.45) is 0 Å². The predicted octanol–water partition coefficient (Wildman–Crippen LogP) is 1.54. The van der Waals surface area contributed by atoms with Gasteiger partial charge in [-0.2, -0.15) is 0 Å². The molecule has 0 saturated heterocycles. The molecule has 1 heterocycles. The summed E-state index contributed by atoms with van der Waals surface area (Å²) in [5.41, 5.74) is -0.00451. The van der Waals surface area contributed by atoms with Crippen LogP contribution in [0.5, 0.6) is 0 Å². The van der Waals surface area contributed by atoms with Crippen LogP contribution in [0.1, 0.15) is 25.5 Å². The van der Waals surface area contributed by atoms with Crippen LogP contribution < -0.4 is 0 Å². The Hall–Kier alpha value is -0.930. The number of pyridine rings is 1. The zero-order valence-electron chi connectivity index (χ0n) is 8.19. The Kier molecular flexibility index (Phi) is 3.01. The van der Waals surface area contributed by atoms with Gasteiger partial charge in [-0.05, 0) is 19.9 Å². The third kappa shape index (κ3) is 2.50. The van der Waals surface area contributed by atoms with Crippen molar-refractivity contribution in [3.8, 4) is 0 Å². The molecule has 0 aliphatic rings. The van der Waals surface area contributed by atoms with Gasteiger partial charge in [-0.15, -0.1) is 0 Å². The van der Waals surface area contributed by atoms with E-state index in [2.05, 4.69) is 4.98 Å². The molecule has 0 fully saturated rings. The fourth-order valence-corrected chi connectivity index (χ4v) is 1.36. The highest BCUT2D eigenvalue weighted by Crippen LogP contribution is 2.27. The highest BCUT2D eigenvalue weighted by Gasteiger charge is 2.28. The van der Waals surface area contributed by atoms with Crippen LogP contribution in [0, 0.1) is 0 Å². The minimum absolute atomic E-state index is 0.332. The molecule has 1 aromatic heterocycles. The van der Waals surface area contributed by atoms with Gasteiger partial charge in [-0.25, -0.2) is 0 Å². The van der Waals surface area contributed by atoms with E-state index < -0.39 is 5.60 Å². The number of aliphatic hydroxyl groups is 1. The predicted molar refractivity (Wildman–Crippen MR) is 50.3 cm³/mol. The molecule has 3 nitrogen and oxygen atoms in total. The van der Waals surface area contributed by atoms with Crippen molar-refractivity contribution in [1.29, 1.82) is 0 Å². The molecule has 0 bridgehead atoms. The van der Waals surface area contributed by atoms with Crippen LogP contribution in [-0.2, 0) is 4.74 Å². The summed E-state index contributed by atoms with van der Waals surface area (Å²) in [4.78, 5) is 3.98. The fourth-order valence-electron chi connectivity index (χ4n) is 1.36. The summed E-state index contributed by atoms with van der Waals surface area (Å²) in [5.74, 6) is 0. The molecule has 0 radical (unpaired) electrons. The van der Waals surface area contributed by atoms with Gasteiger partial charge >= 0.3 is 0 Å². The smallest absolute Gasteiger partial charge is 0.112 e. The Morgan fingerprint density at radius 1 is 1.54 bits per heavy atom. The van der Waals surface area contributed by atoms with Gasteiger partial charge in [0.25, 0.3) is 0 Å². The molecule has 3 heteroatoms. The quantitative estimate of drug-likeness (QED) is 0.769. The Balaban J connectivity index is 2.92. The highest BCUT2D eigenvalue weighted by molar-refractivity contribution is 5.15. The molecule has 0 saturated carbocycles. The first-order valence-corrected chi connectivity index (χ1v) is 4.21. The summed E-state index contributed by atoms with van der Waals surface area (Å²) >= 11 is 0.